The minimum atomic E-state index is 0. The molecule has 4 aliphatic rings. The van der Waals surface area contributed by atoms with Crippen LogP contribution in [0.2, 0.25) is 0 Å². The molecule has 222 valence electrons. The van der Waals surface area contributed by atoms with Crippen molar-refractivity contribution in [3.05, 3.63) is 0 Å². The highest BCUT2D eigenvalue weighted by molar-refractivity contribution is 6.20. The topological polar surface area (TPSA) is 136 Å². The molecule has 2 unspecified atom stereocenters. The Morgan fingerprint density at radius 3 is 1.89 bits per heavy atom. The lowest BCUT2D eigenvalue weighted by Gasteiger charge is -2.41. The van der Waals surface area contributed by atoms with Gasteiger partial charge in [-0.05, 0) is 145 Å². The lowest BCUT2D eigenvalue weighted by Crippen LogP contribution is -2.48. The van der Waals surface area contributed by atoms with Gasteiger partial charge in [0.15, 0.2) is 0 Å². The number of rotatable bonds is 9. The van der Waals surface area contributed by atoms with Gasteiger partial charge in [0.2, 0.25) is 0 Å². The Morgan fingerprint density at radius 1 is 0.730 bits per heavy atom. The van der Waals surface area contributed by atoms with Crippen LogP contribution in [0, 0.1) is 41.4 Å². The van der Waals surface area contributed by atoms with E-state index in [-0.39, 0.29) is 16.4 Å². The number of nitrogens with one attached hydrogen (secondary N) is 1. The number of halogens is 1. The van der Waals surface area contributed by atoms with Crippen LogP contribution in [0.1, 0.15) is 104 Å². The van der Waals surface area contributed by atoms with E-state index in [1.165, 1.54) is 116 Å². The summed E-state index contributed by atoms with van der Waals surface area (Å²) in [6.07, 6.45) is 19.6. The van der Waals surface area contributed by atoms with Crippen LogP contribution in [0.3, 0.4) is 0 Å². The van der Waals surface area contributed by atoms with Gasteiger partial charge in [0.05, 0.1) is 0 Å². The van der Waals surface area contributed by atoms with E-state index < -0.39 is 0 Å². The molecule has 1 saturated heterocycles. The van der Waals surface area contributed by atoms with E-state index in [0.29, 0.717) is 17.3 Å². The highest BCUT2D eigenvalue weighted by Crippen LogP contribution is 2.41. The van der Waals surface area contributed by atoms with Crippen LogP contribution in [0.5, 0.6) is 0 Å². The predicted molar refractivity (Wildman–Crippen MR) is 158 cm³/mol. The van der Waals surface area contributed by atoms with Gasteiger partial charge in [-0.2, -0.15) is 0 Å². The Balaban J connectivity index is 0.00000228. The highest BCUT2D eigenvalue weighted by Gasteiger charge is 2.33. The van der Waals surface area contributed by atoms with Crippen LogP contribution < -0.4 is 11.1 Å². The van der Waals surface area contributed by atoms with Crippen molar-refractivity contribution in [2.75, 3.05) is 32.7 Å². The Bertz CT molecular complexity index is 574. The third-order valence-corrected chi connectivity index (χ3v) is 11.1. The summed E-state index contributed by atoms with van der Waals surface area (Å²) >= 11 is 6.36. The van der Waals surface area contributed by atoms with Crippen LogP contribution in [0.25, 0.3) is 0 Å². The minimum absolute atomic E-state index is 0. The molecule has 9 N–H and O–H groups in total. The molecule has 0 radical (unpaired) electrons. The summed E-state index contributed by atoms with van der Waals surface area (Å²) in [6.45, 7) is 10.9. The second-order valence-electron chi connectivity index (χ2n) is 13.2. The summed E-state index contributed by atoms with van der Waals surface area (Å²) in [5, 5.41) is 4.54. The normalized spacial score (nSPS) is 34.6. The number of likely N-dealkylation sites (tertiary alicyclic amines) is 1. The van der Waals surface area contributed by atoms with Crippen LogP contribution in [0.4, 0.5) is 0 Å². The molecule has 37 heavy (non-hydrogen) atoms. The number of nitrogens with zero attached hydrogens (tertiary/aromatic N) is 1. The zero-order valence-corrected chi connectivity index (χ0v) is 24.8. The van der Waals surface area contributed by atoms with E-state index in [4.69, 9.17) is 17.3 Å². The maximum absolute atomic E-state index is 6.36. The van der Waals surface area contributed by atoms with Crippen molar-refractivity contribution in [1.29, 1.82) is 0 Å². The second-order valence-corrected chi connectivity index (χ2v) is 13.8. The number of nitrogens with two attached hydrogens (primary N) is 1. The smallest absolute Gasteiger partial charge is 0.0336 e. The summed E-state index contributed by atoms with van der Waals surface area (Å²) in [4.78, 5) is 2.78. The SMILES string of the molecule is CC(C)[C@H](CN1CCC(C2CCC(Cl)CC2)CC1)NCC1CCCC(C2CCC(CN)CC2)C1.O.O.O. The highest BCUT2D eigenvalue weighted by atomic mass is 35.5. The van der Waals surface area contributed by atoms with E-state index in [9.17, 15) is 0 Å². The standard InChI is InChI=1S/C30H56ClN3.3H2O/c1-22(2)30(21-34-16-14-27(15-17-34)25-10-12-29(31)13-11-25)33-20-24-4-3-5-28(18-24)26-8-6-23(19-32)7-9-26;;;/h22-30,33H,3-21,32H2,1-2H3;3*1H2/t23?,24?,25?,26?,28?,29?,30-;;;/m0.../s1. The van der Waals surface area contributed by atoms with Gasteiger partial charge in [0.25, 0.3) is 0 Å². The van der Waals surface area contributed by atoms with Gasteiger partial charge >= 0.3 is 0 Å². The van der Waals surface area contributed by atoms with Crippen molar-refractivity contribution >= 4 is 11.6 Å². The molecule has 3 saturated carbocycles. The zero-order valence-electron chi connectivity index (χ0n) is 24.0. The van der Waals surface area contributed by atoms with Crippen LogP contribution in [-0.2, 0) is 0 Å². The molecule has 6 nitrogen and oxygen atoms in total. The predicted octanol–water partition coefficient (Wildman–Crippen LogP) is 4.21. The zero-order chi connectivity index (χ0) is 23.9. The Labute approximate surface area is 233 Å². The summed E-state index contributed by atoms with van der Waals surface area (Å²) in [6, 6.07) is 0.642. The summed E-state index contributed by atoms with van der Waals surface area (Å²) in [7, 11) is 0. The lowest BCUT2D eigenvalue weighted by atomic mass is 9.68. The number of alkyl halides is 1. The average Bonchev–Trinajstić information content (AvgIpc) is 2.87. The van der Waals surface area contributed by atoms with Gasteiger partial charge in [0, 0.05) is 18.0 Å². The van der Waals surface area contributed by atoms with Crippen molar-refractivity contribution in [3.63, 3.8) is 0 Å². The summed E-state index contributed by atoms with van der Waals surface area (Å²) in [5.41, 5.74) is 5.94. The summed E-state index contributed by atoms with van der Waals surface area (Å²) < 4.78 is 0. The molecule has 0 bridgehead atoms. The molecular weight excluding hydrogens is 486 g/mol. The van der Waals surface area contributed by atoms with Gasteiger partial charge in [-0.25, -0.2) is 0 Å². The molecule has 3 atom stereocenters. The number of hydrogen-bond acceptors (Lipinski definition) is 3. The molecule has 0 aromatic heterocycles. The van der Waals surface area contributed by atoms with Gasteiger partial charge in [-0.1, -0.05) is 26.7 Å². The molecule has 7 heteroatoms. The van der Waals surface area contributed by atoms with Gasteiger partial charge < -0.3 is 32.4 Å². The molecule has 0 spiro atoms. The van der Waals surface area contributed by atoms with E-state index >= 15 is 0 Å². The van der Waals surface area contributed by atoms with Gasteiger partial charge in [0.1, 0.15) is 0 Å². The molecule has 0 aromatic rings. The first kappa shape index (κ1) is 35.1. The first-order chi connectivity index (χ1) is 16.5. The first-order valence-electron chi connectivity index (χ1n) is 15.3. The second kappa shape index (κ2) is 17.7. The minimum Gasteiger partial charge on any atom is -0.412 e. The van der Waals surface area contributed by atoms with Gasteiger partial charge in [-0.3, -0.25) is 0 Å². The maximum atomic E-state index is 6.36. The Kier molecular flexibility index (Phi) is 16.8. The molecule has 0 amide bonds. The maximum Gasteiger partial charge on any atom is 0.0336 e. The first-order valence-corrected chi connectivity index (χ1v) is 15.7. The van der Waals surface area contributed by atoms with Crippen molar-refractivity contribution in [1.82, 2.24) is 10.2 Å². The van der Waals surface area contributed by atoms with Gasteiger partial charge in [-0.15, -0.1) is 11.6 Å². The third kappa shape index (κ3) is 10.5. The molecular formula is C30H62ClN3O3. The van der Waals surface area contributed by atoms with Crippen molar-refractivity contribution in [2.24, 2.45) is 47.2 Å². The van der Waals surface area contributed by atoms with E-state index in [2.05, 4.69) is 24.1 Å². The van der Waals surface area contributed by atoms with Crippen molar-refractivity contribution in [3.8, 4) is 0 Å². The van der Waals surface area contributed by atoms with Crippen molar-refractivity contribution in [2.45, 2.75) is 115 Å². The van der Waals surface area contributed by atoms with Crippen LogP contribution in [-0.4, -0.2) is 65.5 Å². The average molecular weight is 548 g/mol. The Morgan fingerprint density at radius 2 is 1.30 bits per heavy atom. The van der Waals surface area contributed by atoms with E-state index in [0.717, 1.165) is 42.1 Å². The fraction of sp³-hybridized carbons (Fsp3) is 1.00. The quantitative estimate of drug-likeness (QED) is 0.418. The molecule has 1 heterocycles. The molecule has 1 aliphatic heterocycles. The number of hydrogen-bond donors (Lipinski definition) is 2. The fourth-order valence-electron chi connectivity index (χ4n) is 8.11. The van der Waals surface area contributed by atoms with E-state index in [1.807, 2.05) is 0 Å². The molecule has 0 aromatic carbocycles. The Hall–Kier alpha value is 0.0500. The van der Waals surface area contributed by atoms with Crippen LogP contribution >= 0.6 is 11.6 Å². The third-order valence-electron chi connectivity index (χ3n) is 10.6. The van der Waals surface area contributed by atoms with Crippen LogP contribution in [0.15, 0.2) is 0 Å². The van der Waals surface area contributed by atoms with Crippen molar-refractivity contribution < 1.29 is 16.4 Å². The molecule has 4 fully saturated rings. The molecule has 4 rings (SSSR count). The lowest BCUT2D eigenvalue weighted by molar-refractivity contribution is 0.109. The largest absolute Gasteiger partial charge is 0.412 e. The summed E-state index contributed by atoms with van der Waals surface area (Å²) in [5.74, 6) is 6.33. The monoisotopic (exact) mass is 547 g/mol. The number of piperidine rings is 1. The van der Waals surface area contributed by atoms with E-state index in [1.54, 1.807) is 0 Å². The molecule has 3 aliphatic carbocycles. The fourth-order valence-corrected chi connectivity index (χ4v) is 8.36.